The average Bonchev–Trinajstić information content (AvgIpc) is 2.54. The molecule has 3 aromatic carbocycles. The highest BCUT2D eigenvalue weighted by Gasteiger charge is 2.14. The van der Waals surface area contributed by atoms with Crippen LogP contribution >= 0.6 is 23.2 Å². The molecule has 3 N–H and O–H groups in total. The van der Waals surface area contributed by atoms with E-state index in [-0.39, 0.29) is 10.8 Å². The van der Waals surface area contributed by atoms with Crippen LogP contribution in [0.5, 0.6) is 5.75 Å². The third-order valence-electron chi connectivity index (χ3n) is 3.71. The first-order chi connectivity index (χ1) is 11.8. The highest BCUT2D eigenvalue weighted by Crippen LogP contribution is 2.38. The highest BCUT2D eigenvalue weighted by molar-refractivity contribution is 6.41. The molecule has 0 radical (unpaired) electrons. The van der Waals surface area contributed by atoms with Gasteiger partial charge in [-0.1, -0.05) is 29.3 Å². The van der Waals surface area contributed by atoms with E-state index in [1.165, 1.54) is 30.3 Å². The minimum atomic E-state index is -0.595. The van der Waals surface area contributed by atoms with Crippen molar-refractivity contribution in [2.45, 2.75) is 6.92 Å². The van der Waals surface area contributed by atoms with Crippen molar-refractivity contribution < 1.29 is 14.3 Å². The summed E-state index contributed by atoms with van der Waals surface area (Å²) in [6.07, 6.45) is 0. The number of halogens is 3. The number of phenolic OH excluding ortho intramolecular Hbond substituents is 1. The SMILES string of the molecule is Cc1ccc(F)cc1NC(=O)Nc1c(Cl)cc(Cl)c2ccc(O)cc12. The number of anilines is 2. The van der Waals surface area contributed by atoms with E-state index in [4.69, 9.17) is 23.2 Å². The van der Waals surface area contributed by atoms with E-state index in [0.29, 0.717) is 32.7 Å². The third-order valence-corrected chi connectivity index (χ3v) is 4.32. The molecule has 4 nitrogen and oxygen atoms in total. The third kappa shape index (κ3) is 3.62. The van der Waals surface area contributed by atoms with Crippen molar-refractivity contribution in [3.8, 4) is 5.75 Å². The summed E-state index contributed by atoms with van der Waals surface area (Å²) in [7, 11) is 0. The highest BCUT2D eigenvalue weighted by atomic mass is 35.5. The summed E-state index contributed by atoms with van der Waals surface area (Å²) in [6, 6.07) is 9.58. The van der Waals surface area contributed by atoms with E-state index < -0.39 is 11.8 Å². The Morgan fingerprint density at radius 3 is 2.52 bits per heavy atom. The fourth-order valence-corrected chi connectivity index (χ4v) is 3.05. The zero-order chi connectivity index (χ0) is 18.1. The molecule has 0 heterocycles. The van der Waals surface area contributed by atoms with E-state index in [2.05, 4.69) is 10.6 Å². The van der Waals surface area contributed by atoms with Crippen molar-refractivity contribution in [3.05, 3.63) is 63.9 Å². The minimum Gasteiger partial charge on any atom is -0.508 e. The largest absolute Gasteiger partial charge is 0.508 e. The molecule has 128 valence electrons. The topological polar surface area (TPSA) is 61.4 Å². The summed E-state index contributed by atoms with van der Waals surface area (Å²) < 4.78 is 13.4. The Bertz CT molecular complexity index is 992. The Labute approximate surface area is 153 Å². The fraction of sp³-hybridized carbons (Fsp3) is 0.0556. The molecule has 3 aromatic rings. The van der Waals surface area contributed by atoms with Gasteiger partial charge in [0.05, 0.1) is 15.7 Å². The molecule has 0 bridgehead atoms. The molecule has 2 amide bonds. The number of benzene rings is 3. The van der Waals surface area contributed by atoms with Crippen LogP contribution in [0.3, 0.4) is 0 Å². The molecule has 0 spiro atoms. The molecule has 25 heavy (non-hydrogen) atoms. The molecule has 0 aliphatic heterocycles. The number of carbonyl (C=O) groups excluding carboxylic acids is 1. The van der Waals surface area contributed by atoms with Crippen molar-refractivity contribution in [1.29, 1.82) is 0 Å². The van der Waals surface area contributed by atoms with E-state index in [1.807, 2.05) is 0 Å². The number of nitrogens with one attached hydrogen (secondary N) is 2. The van der Waals surface area contributed by atoms with Crippen LogP contribution in [0.15, 0.2) is 42.5 Å². The second kappa shape index (κ2) is 6.78. The molecule has 0 atom stereocenters. The summed E-state index contributed by atoms with van der Waals surface area (Å²) in [5.74, 6) is -0.448. The van der Waals surface area contributed by atoms with Crippen LogP contribution in [0.25, 0.3) is 10.8 Å². The molecular formula is C18H13Cl2FN2O2. The van der Waals surface area contributed by atoms with Gasteiger partial charge in [-0.05, 0) is 48.9 Å². The van der Waals surface area contributed by atoms with Crippen LogP contribution in [-0.4, -0.2) is 11.1 Å². The van der Waals surface area contributed by atoms with Crippen molar-refractivity contribution in [1.82, 2.24) is 0 Å². The van der Waals surface area contributed by atoms with Crippen LogP contribution < -0.4 is 10.6 Å². The predicted octanol–water partition coefficient (Wildman–Crippen LogP) is 5.94. The lowest BCUT2D eigenvalue weighted by Gasteiger charge is -2.14. The van der Waals surface area contributed by atoms with Gasteiger partial charge in [-0.25, -0.2) is 9.18 Å². The van der Waals surface area contributed by atoms with E-state index in [9.17, 15) is 14.3 Å². The van der Waals surface area contributed by atoms with Crippen molar-refractivity contribution >= 4 is 51.4 Å². The van der Waals surface area contributed by atoms with Crippen LogP contribution in [0.2, 0.25) is 10.0 Å². The number of fused-ring (bicyclic) bond motifs is 1. The van der Waals surface area contributed by atoms with E-state index in [1.54, 1.807) is 19.1 Å². The lowest BCUT2D eigenvalue weighted by atomic mass is 10.1. The molecule has 0 aromatic heterocycles. The van der Waals surface area contributed by atoms with Gasteiger partial charge in [-0.3, -0.25) is 0 Å². The number of hydrogen-bond acceptors (Lipinski definition) is 2. The molecule has 0 unspecified atom stereocenters. The number of rotatable bonds is 2. The van der Waals surface area contributed by atoms with Crippen molar-refractivity contribution in [2.24, 2.45) is 0 Å². The van der Waals surface area contributed by atoms with Crippen LogP contribution in [0.4, 0.5) is 20.6 Å². The van der Waals surface area contributed by atoms with Crippen molar-refractivity contribution in [3.63, 3.8) is 0 Å². The average molecular weight is 379 g/mol. The second-order valence-corrected chi connectivity index (χ2v) is 6.30. The Morgan fingerprint density at radius 1 is 1.00 bits per heavy atom. The number of phenols is 1. The molecule has 0 fully saturated rings. The second-order valence-electron chi connectivity index (χ2n) is 5.48. The van der Waals surface area contributed by atoms with E-state index >= 15 is 0 Å². The lowest BCUT2D eigenvalue weighted by molar-refractivity contribution is 0.262. The maximum atomic E-state index is 13.4. The van der Waals surface area contributed by atoms with Gasteiger partial charge in [0, 0.05) is 16.5 Å². The van der Waals surface area contributed by atoms with Gasteiger partial charge in [0.25, 0.3) is 0 Å². The Kier molecular flexibility index (Phi) is 4.70. The first kappa shape index (κ1) is 17.3. The molecule has 0 saturated heterocycles. The van der Waals surface area contributed by atoms with Crippen LogP contribution in [-0.2, 0) is 0 Å². The first-order valence-corrected chi connectivity index (χ1v) is 8.05. The lowest BCUT2D eigenvalue weighted by Crippen LogP contribution is -2.20. The van der Waals surface area contributed by atoms with Gasteiger partial charge < -0.3 is 15.7 Å². The minimum absolute atomic E-state index is 0.00951. The zero-order valence-corrected chi connectivity index (χ0v) is 14.5. The van der Waals surface area contributed by atoms with E-state index in [0.717, 1.165) is 0 Å². The monoisotopic (exact) mass is 378 g/mol. The van der Waals surface area contributed by atoms with Gasteiger partial charge in [0.1, 0.15) is 11.6 Å². The Hall–Kier alpha value is -2.50. The fourth-order valence-electron chi connectivity index (χ4n) is 2.46. The number of hydrogen-bond donors (Lipinski definition) is 3. The van der Waals surface area contributed by atoms with Gasteiger partial charge >= 0.3 is 6.03 Å². The predicted molar refractivity (Wildman–Crippen MR) is 99.4 cm³/mol. The Balaban J connectivity index is 1.96. The van der Waals surface area contributed by atoms with Crippen LogP contribution in [0, 0.1) is 12.7 Å². The summed E-state index contributed by atoms with van der Waals surface area (Å²) in [6.45, 7) is 1.75. The van der Waals surface area contributed by atoms with Gasteiger partial charge in [-0.2, -0.15) is 0 Å². The summed E-state index contributed by atoms with van der Waals surface area (Å²) in [5.41, 5.74) is 1.35. The first-order valence-electron chi connectivity index (χ1n) is 7.30. The quantitative estimate of drug-likeness (QED) is 0.516. The number of carbonyl (C=O) groups is 1. The molecule has 3 rings (SSSR count). The number of aryl methyl sites for hydroxylation is 1. The smallest absolute Gasteiger partial charge is 0.323 e. The standard InChI is InChI=1S/C18H13Cl2FN2O2/c1-9-2-3-10(21)6-16(9)22-18(25)23-17-13-7-11(24)4-5-12(13)14(19)8-15(17)20/h2-8,24H,1H3,(H2,22,23,25). The maximum Gasteiger partial charge on any atom is 0.323 e. The summed E-state index contributed by atoms with van der Waals surface area (Å²) in [4.78, 5) is 12.3. The van der Waals surface area contributed by atoms with Crippen LogP contribution in [0.1, 0.15) is 5.56 Å². The molecule has 0 aliphatic carbocycles. The van der Waals surface area contributed by atoms with Gasteiger partial charge in [-0.15, -0.1) is 0 Å². The normalized spacial score (nSPS) is 10.7. The summed E-state index contributed by atoms with van der Waals surface area (Å²) >= 11 is 12.4. The molecular weight excluding hydrogens is 366 g/mol. The molecule has 7 heteroatoms. The Morgan fingerprint density at radius 2 is 1.76 bits per heavy atom. The number of urea groups is 1. The maximum absolute atomic E-state index is 13.4. The number of aromatic hydroxyl groups is 1. The number of amides is 2. The van der Waals surface area contributed by atoms with Gasteiger partial charge in [0.2, 0.25) is 0 Å². The zero-order valence-electron chi connectivity index (χ0n) is 13.0. The van der Waals surface area contributed by atoms with Crippen molar-refractivity contribution in [2.75, 3.05) is 10.6 Å². The summed E-state index contributed by atoms with van der Waals surface area (Å²) in [5, 5.41) is 16.6. The van der Waals surface area contributed by atoms with Gasteiger partial charge in [0.15, 0.2) is 0 Å². The molecule has 0 aliphatic rings. The molecule has 0 saturated carbocycles.